The zero-order chi connectivity index (χ0) is 20.1. The summed E-state index contributed by atoms with van der Waals surface area (Å²) in [5, 5.41) is 4.57. The molecule has 3 rings (SSSR count). The number of carbonyl (C=O) groups excluding carboxylic acids is 2. The van der Waals surface area contributed by atoms with Gasteiger partial charge in [0.25, 0.3) is 0 Å². The van der Waals surface area contributed by atoms with Gasteiger partial charge in [-0.15, -0.1) is 0 Å². The molecule has 0 unspecified atom stereocenters. The van der Waals surface area contributed by atoms with Crippen molar-refractivity contribution < 1.29 is 22.8 Å². The van der Waals surface area contributed by atoms with Crippen molar-refractivity contribution in [3.8, 4) is 0 Å². The first-order chi connectivity index (χ1) is 13.3. The van der Waals surface area contributed by atoms with E-state index in [2.05, 4.69) is 16.2 Å². The molecular weight excluding hydrogens is 371 g/mol. The summed E-state index contributed by atoms with van der Waals surface area (Å²) in [6.07, 6.45) is -3.32. The maximum Gasteiger partial charge on any atom is 0.391 e. The number of rotatable bonds is 3. The molecule has 0 radical (unpaired) electrons. The number of urea groups is 1. The number of fused-ring (bicyclic) bond motifs is 1. The minimum Gasteiger partial charge on any atom is -0.334 e. The number of hydrogen-bond acceptors (Lipinski definition) is 2. The molecule has 0 saturated heterocycles. The van der Waals surface area contributed by atoms with Gasteiger partial charge in [-0.1, -0.05) is 48.9 Å². The maximum atomic E-state index is 12.8. The fourth-order valence-corrected chi connectivity index (χ4v) is 3.54. The van der Waals surface area contributed by atoms with E-state index in [1.165, 1.54) is 0 Å². The number of alkyl halides is 3. The molecule has 150 valence electrons. The van der Waals surface area contributed by atoms with Crippen LogP contribution < -0.4 is 16.2 Å². The van der Waals surface area contributed by atoms with Crippen LogP contribution in [-0.2, 0) is 11.2 Å². The number of hydrazine groups is 1. The Morgan fingerprint density at radius 2 is 1.75 bits per heavy atom. The van der Waals surface area contributed by atoms with E-state index in [0.717, 1.165) is 16.3 Å². The normalized spacial score (nSPS) is 19.8. The summed E-state index contributed by atoms with van der Waals surface area (Å²) in [4.78, 5) is 23.9. The molecule has 28 heavy (non-hydrogen) atoms. The first-order valence-corrected chi connectivity index (χ1v) is 9.21. The van der Waals surface area contributed by atoms with Gasteiger partial charge in [-0.3, -0.25) is 10.2 Å². The summed E-state index contributed by atoms with van der Waals surface area (Å²) in [6.45, 7) is 0. The number of nitrogens with one attached hydrogen (secondary N) is 3. The first kappa shape index (κ1) is 20.0. The Bertz CT molecular complexity index is 854. The van der Waals surface area contributed by atoms with Crippen molar-refractivity contribution in [1.29, 1.82) is 0 Å². The van der Waals surface area contributed by atoms with E-state index in [1.807, 2.05) is 42.5 Å². The summed E-state index contributed by atoms with van der Waals surface area (Å²) in [5.41, 5.74) is 5.29. The summed E-state index contributed by atoms with van der Waals surface area (Å²) < 4.78 is 38.5. The van der Waals surface area contributed by atoms with Crippen molar-refractivity contribution in [2.24, 2.45) is 5.92 Å². The molecule has 8 heteroatoms. The quantitative estimate of drug-likeness (QED) is 0.694. The third kappa shape index (κ3) is 5.37. The van der Waals surface area contributed by atoms with Crippen LogP contribution in [-0.4, -0.2) is 24.2 Å². The fourth-order valence-electron chi connectivity index (χ4n) is 3.54. The number of halogens is 3. The summed E-state index contributed by atoms with van der Waals surface area (Å²) in [6, 6.07) is 12.1. The molecule has 3 N–H and O–H groups in total. The van der Waals surface area contributed by atoms with Crippen molar-refractivity contribution in [1.82, 2.24) is 16.2 Å². The van der Waals surface area contributed by atoms with Gasteiger partial charge in [0.2, 0.25) is 5.91 Å². The highest BCUT2D eigenvalue weighted by Crippen LogP contribution is 2.37. The molecule has 0 spiro atoms. The zero-order valence-corrected chi connectivity index (χ0v) is 15.2. The van der Waals surface area contributed by atoms with E-state index >= 15 is 0 Å². The highest BCUT2D eigenvalue weighted by Gasteiger charge is 2.42. The Kier molecular flexibility index (Phi) is 6.06. The predicted octanol–water partition coefficient (Wildman–Crippen LogP) is 3.83. The standard InChI is InChI=1S/C20H22F3N3O2/c21-20(22,23)16-6-3-7-17(12-16)24-19(28)26-25-18(27)11-13-8-9-14-4-1-2-5-15(14)10-13/h1-2,4-5,8-10,16-17H,3,6-7,11-12H2,(H,25,27)(H2,24,26,28)/t16-,17-/m1/s1. The smallest absolute Gasteiger partial charge is 0.334 e. The van der Waals surface area contributed by atoms with Crippen LogP contribution in [0.25, 0.3) is 10.8 Å². The van der Waals surface area contributed by atoms with Gasteiger partial charge in [0.15, 0.2) is 0 Å². The van der Waals surface area contributed by atoms with Crippen LogP contribution in [0.2, 0.25) is 0 Å². The summed E-state index contributed by atoms with van der Waals surface area (Å²) in [5.74, 6) is -1.81. The fraction of sp³-hybridized carbons (Fsp3) is 0.400. The second kappa shape index (κ2) is 8.50. The van der Waals surface area contributed by atoms with E-state index in [-0.39, 0.29) is 19.3 Å². The van der Waals surface area contributed by atoms with Crippen LogP contribution in [0.3, 0.4) is 0 Å². The lowest BCUT2D eigenvalue weighted by Gasteiger charge is -2.30. The number of benzene rings is 2. The molecule has 2 aromatic carbocycles. The van der Waals surface area contributed by atoms with Crippen molar-refractivity contribution in [2.45, 2.75) is 44.3 Å². The molecule has 0 aliphatic heterocycles. The molecule has 1 aliphatic carbocycles. The van der Waals surface area contributed by atoms with Gasteiger partial charge in [-0.25, -0.2) is 10.2 Å². The Morgan fingerprint density at radius 3 is 2.50 bits per heavy atom. The summed E-state index contributed by atoms with van der Waals surface area (Å²) >= 11 is 0. The first-order valence-electron chi connectivity index (χ1n) is 9.21. The second-order valence-corrected chi connectivity index (χ2v) is 7.11. The SMILES string of the molecule is O=C(Cc1ccc2ccccc2c1)NNC(=O)N[C@@H]1CCC[C@@H](C(F)(F)F)C1. The molecule has 2 aromatic rings. The highest BCUT2D eigenvalue weighted by atomic mass is 19.4. The van der Waals surface area contributed by atoms with Crippen molar-refractivity contribution in [3.05, 3.63) is 48.0 Å². The molecule has 1 fully saturated rings. The van der Waals surface area contributed by atoms with Gasteiger partial charge >= 0.3 is 12.2 Å². The molecular formula is C20H22F3N3O2. The molecule has 1 saturated carbocycles. The molecule has 0 aromatic heterocycles. The van der Waals surface area contributed by atoms with Gasteiger partial charge in [-0.05, 0) is 35.6 Å². The Balaban J connectivity index is 1.45. The van der Waals surface area contributed by atoms with Gasteiger partial charge in [0.05, 0.1) is 12.3 Å². The zero-order valence-electron chi connectivity index (χ0n) is 15.2. The largest absolute Gasteiger partial charge is 0.391 e. The number of amides is 3. The number of carbonyl (C=O) groups is 2. The van der Waals surface area contributed by atoms with Crippen LogP contribution in [0, 0.1) is 5.92 Å². The van der Waals surface area contributed by atoms with Crippen LogP contribution >= 0.6 is 0 Å². The highest BCUT2D eigenvalue weighted by molar-refractivity contribution is 5.86. The van der Waals surface area contributed by atoms with Crippen molar-refractivity contribution in [2.75, 3.05) is 0 Å². The lowest BCUT2D eigenvalue weighted by molar-refractivity contribution is -0.183. The third-order valence-corrected chi connectivity index (χ3v) is 4.97. The average molecular weight is 393 g/mol. The van der Waals surface area contributed by atoms with E-state index in [4.69, 9.17) is 0 Å². The molecule has 5 nitrogen and oxygen atoms in total. The van der Waals surface area contributed by atoms with Crippen LogP contribution in [0.1, 0.15) is 31.2 Å². The van der Waals surface area contributed by atoms with Gasteiger partial charge in [0, 0.05) is 6.04 Å². The monoisotopic (exact) mass is 393 g/mol. The molecule has 0 heterocycles. The topological polar surface area (TPSA) is 70.2 Å². The van der Waals surface area contributed by atoms with E-state index in [9.17, 15) is 22.8 Å². The van der Waals surface area contributed by atoms with Gasteiger partial charge in [0.1, 0.15) is 0 Å². The van der Waals surface area contributed by atoms with E-state index < -0.39 is 30.1 Å². The Hall–Kier alpha value is -2.77. The van der Waals surface area contributed by atoms with Gasteiger partial charge in [-0.2, -0.15) is 13.2 Å². The average Bonchev–Trinajstić information content (AvgIpc) is 2.66. The van der Waals surface area contributed by atoms with Crippen LogP contribution in [0.15, 0.2) is 42.5 Å². The van der Waals surface area contributed by atoms with Crippen LogP contribution in [0.4, 0.5) is 18.0 Å². The molecule has 3 amide bonds. The lowest BCUT2D eigenvalue weighted by Crippen LogP contribution is -2.51. The van der Waals surface area contributed by atoms with Crippen molar-refractivity contribution >= 4 is 22.7 Å². The minimum atomic E-state index is -4.25. The summed E-state index contributed by atoms with van der Waals surface area (Å²) in [7, 11) is 0. The minimum absolute atomic E-state index is 0.0741. The van der Waals surface area contributed by atoms with Crippen LogP contribution in [0.5, 0.6) is 0 Å². The lowest BCUT2D eigenvalue weighted by atomic mass is 9.85. The Morgan fingerprint density at radius 1 is 1.00 bits per heavy atom. The van der Waals surface area contributed by atoms with Crippen molar-refractivity contribution in [3.63, 3.8) is 0 Å². The third-order valence-electron chi connectivity index (χ3n) is 4.97. The predicted molar refractivity (Wildman–Crippen MR) is 99.3 cm³/mol. The maximum absolute atomic E-state index is 12.8. The number of hydrogen-bond donors (Lipinski definition) is 3. The second-order valence-electron chi connectivity index (χ2n) is 7.11. The molecule has 0 bridgehead atoms. The Labute approximate surface area is 160 Å². The van der Waals surface area contributed by atoms with Gasteiger partial charge < -0.3 is 5.32 Å². The van der Waals surface area contributed by atoms with E-state index in [1.54, 1.807) is 0 Å². The van der Waals surface area contributed by atoms with E-state index in [0.29, 0.717) is 12.8 Å². The molecule has 1 aliphatic rings. The molecule has 2 atom stereocenters.